The van der Waals surface area contributed by atoms with Crippen LogP contribution in [0.5, 0.6) is 0 Å². The molecule has 0 aromatic carbocycles. The molecule has 1 rings (SSSR count). The Balaban J connectivity index is 1.77. The Bertz CT molecular complexity index is 149. The number of hydrogen-bond donors (Lipinski definition) is 1. The average molecular weight is 231 g/mol. The van der Waals surface area contributed by atoms with Crippen LogP contribution in [-0.2, 0) is 14.2 Å². The van der Waals surface area contributed by atoms with Crippen LogP contribution in [0.3, 0.4) is 0 Å². The molecule has 16 heavy (non-hydrogen) atoms. The summed E-state index contributed by atoms with van der Waals surface area (Å²) in [6.45, 7) is 5.14. The first kappa shape index (κ1) is 13.9. The van der Waals surface area contributed by atoms with E-state index in [1.54, 1.807) is 7.11 Å². The van der Waals surface area contributed by atoms with Gasteiger partial charge in [-0.05, 0) is 25.7 Å². The lowest BCUT2D eigenvalue weighted by Gasteiger charge is -2.22. The van der Waals surface area contributed by atoms with Crippen molar-refractivity contribution in [2.75, 3.05) is 46.6 Å². The minimum atomic E-state index is 0.419. The standard InChI is InChI=1S/C12H25NO3/c1-14-7-4-8-15-10-6-13-11-12-5-2-3-9-16-12/h12-13H,2-11H2,1H3. The van der Waals surface area contributed by atoms with Crippen LogP contribution in [0, 0.1) is 0 Å². The zero-order valence-corrected chi connectivity index (χ0v) is 10.4. The van der Waals surface area contributed by atoms with Crippen LogP contribution in [-0.4, -0.2) is 52.7 Å². The summed E-state index contributed by atoms with van der Waals surface area (Å²) in [5.74, 6) is 0. The first-order valence-corrected chi connectivity index (χ1v) is 6.32. The second-order valence-electron chi connectivity index (χ2n) is 4.15. The summed E-state index contributed by atoms with van der Waals surface area (Å²) in [7, 11) is 1.71. The van der Waals surface area contributed by atoms with Gasteiger partial charge in [-0.15, -0.1) is 0 Å². The van der Waals surface area contributed by atoms with Gasteiger partial charge >= 0.3 is 0 Å². The van der Waals surface area contributed by atoms with E-state index in [0.29, 0.717) is 6.10 Å². The molecule has 1 aliphatic rings. The fourth-order valence-corrected chi connectivity index (χ4v) is 1.78. The van der Waals surface area contributed by atoms with Gasteiger partial charge in [-0.1, -0.05) is 0 Å². The van der Waals surface area contributed by atoms with Crippen molar-refractivity contribution in [2.45, 2.75) is 31.8 Å². The molecule has 1 N–H and O–H groups in total. The third-order valence-corrected chi connectivity index (χ3v) is 2.71. The van der Waals surface area contributed by atoms with E-state index in [1.807, 2.05) is 0 Å². The summed E-state index contributed by atoms with van der Waals surface area (Å²) in [6, 6.07) is 0. The van der Waals surface area contributed by atoms with Gasteiger partial charge in [0.1, 0.15) is 0 Å². The molecule has 1 fully saturated rings. The van der Waals surface area contributed by atoms with Crippen LogP contribution in [0.2, 0.25) is 0 Å². The molecule has 1 saturated heterocycles. The van der Waals surface area contributed by atoms with Crippen molar-refractivity contribution < 1.29 is 14.2 Å². The summed E-state index contributed by atoms with van der Waals surface area (Å²) in [5, 5.41) is 3.36. The Kier molecular flexibility index (Phi) is 8.71. The quantitative estimate of drug-likeness (QED) is 0.605. The molecule has 1 heterocycles. The van der Waals surface area contributed by atoms with Gasteiger partial charge in [-0.25, -0.2) is 0 Å². The molecule has 96 valence electrons. The second kappa shape index (κ2) is 10.0. The summed E-state index contributed by atoms with van der Waals surface area (Å²) >= 11 is 0. The first-order chi connectivity index (χ1) is 7.93. The summed E-state index contributed by atoms with van der Waals surface area (Å²) in [5.41, 5.74) is 0. The molecule has 1 aliphatic heterocycles. The van der Waals surface area contributed by atoms with E-state index < -0.39 is 0 Å². The Morgan fingerprint density at radius 3 is 2.94 bits per heavy atom. The van der Waals surface area contributed by atoms with E-state index in [2.05, 4.69) is 5.32 Å². The minimum Gasteiger partial charge on any atom is -0.385 e. The Morgan fingerprint density at radius 1 is 1.25 bits per heavy atom. The number of rotatable bonds is 9. The van der Waals surface area contributed by atoms with E-state index in [1.165, 1.54) is 19.3 Å². The van der Waals surface area contributed by atoms with Crippen LogP contribution >= 0.6 is 0 Å². The van der Waals surface area contributed by atoms with Crippen molar-refractivity contribution in [1.29, 1.82) is 0 Å². The topological polar surface area (TPSA) is 39.7 Å². The molecule has 4 nitrogen and oxygen atoms in total. The van der Waals surface area contributed by atoms with Gasteiger partial charge in [0, 0.05) is 40.0 Å². The molecule has 0 aromatic rings. The molecule has 0 aliphatic carbocycles. The smallest absolute Gasteiger partial charge is 0.0699 e. The van der Waals surface area contributed by atoms with Crippen LogP contribution in [0.1, 0.15) is 25.7 Å². The van der Waals surface area contributed by atoms with E-state index in [9.17, 15) is 0 Å². The highest BCUT2D eigenvalue weighted by Crippen LogP contribution is 2.11. The van der Waals surface area contributed by atoms with Gasteiger partial charge in [-0.2, -0.15) is 0 Å². The van der Waals surface area contributed by atoms with Crippen molar-refractivity contribution >= 4 is 0 Å². The highest BCUT2D eigenvalue weighted by molar-refractivity contribution is 4.65. The molecule has 1 atom stereocenters. The highest BCUT2D eigenvalue weighted by Gasteiger charge is 2.12. The lowest BCUT2D eigenvalue weighted by molar-refractivity contribution is 0.0156. The van der Waals surface area contributed by atoms with Crippen LogP contribution in [0.25, 0.3) is 0 Å². The minimum absolute atomic E-state index is 0.419. The van der Waals surface area contributed by atoms with Crippen LogP contribution in [0.4, 0.5) is 0 Å². The monoisotopic (exact) mass is 231 g/mol. The predicted molar refractivity (Wildman–Crippen MR) is 63.8 cm³/mol. The van der Waals surface area contributed by atoms with Crippen molar-refractivity contribution in [2.24, 2.45) is 0 Å². The number of methoxy groups -OCH3 is 1. The number of hydrogen-bond acceptors (Lipinski definition) is 4. The first-order valence-electron chi connectivity index (χ1n) is 6.32. The molecule has 0 bridgehead atoms. The molecule has 0 saturated carbocycles. The summed E-state index contributed by atoms with van der Waals surface area (Å²) < 4.78 is 16.0. The van der Waals surface area contributed by atoms with E-state index in [4.69, 9.17) is 14.2 Å². The highest BCUT2D eigenvalue weighted by atomic mass is 16.5. The number of nitrogens with one attached hydrogen (secondary N) is 1. The van der Waals surface area contributed by atoms with E-state index in [0.717, 1.165) is 45.9 Å². The predicted octanol–water partition coefficient (Wildman–Crippen LogP) is 1.20. The maximum Gasteiger partial charge on any atom is 0.0699 e. The van der Waals surface area contributed by atoms with Gasteiger partial charge in [0.05, 0.1) is 12.7 Å². The van der Waals surface area contributed by atoms with Gasteiger partial charge in [0.2, 0.25) is 0 Å². The Morgan fingerprint density at radius 2 is 2.19 bits per heavy atom. The van der Waals surface area contributed by atoms with Crippen LogP contribution < -0.4 is 5.32 Å². The van der Waals surface area contributed by atoms with Crippen molar-refractivity contribution in [3.05, 3.63) is 0 Å². The maximum atomic E-state index is 5.62. The normalized spacial score (nSPS) is 21.2. The molecule has 0 amide bonds. The molecule has 0 radical (unpaired) electrons. The SMILES string of the molecule is COCCCOCCNCC1CCCCO1. The fraction of sp³-hybridized carbons (Fsp3) is 1.00. The van der Waals surface area contributed by atoms with Crippen molar-refractivity contribution in [1.82, 2.24) is 5.32 Å². The summed E-state index contributed by atoms with van der Waals surface area (Å²) in [6.07, 6.45) is 5.12. The maximum absolute atomic E-state index is 5.62. The van der Waals surface area contributed by atoms with Gasteiger partial charge in [0.15, 0.2) is 0 Å². The Hall–Kier alpha value is -0.160. The molecule has 0 spiro atoms. The van der Waals surface area contributed by atoms with Gasteiger partial charge in [0.25, 0.3) is 0 Å². The average Bonchev–Trinajstić information content (AvgIpc) is 2.34. The fourth-order valence-electron chi connectivity index (χ4n) is 1.78. The van der Waals surface area contributed by atoms with Gasteiger partial charge in [-0.3, -0.25) is 0 Å². The molecule has 4 heteroatoms. The lowest BCUT2D eigenvalue weighted by atomic mass is 10.1. The van der Waals surface area contributed by atoms with Crippen molar-refractivity contribution in [3.63, 3.8) is 0 Å². The number of ether oxygens (including phenoxy) is 3. The zero-order valence-electron chi connectivity index (χ0n) is 10.4. The van der Waals surface area contributed by atoms with Crippen molar-refractivity contribution in [3.8, 4) is 0 Å². The molecule has 0 aromatic heterocycles. The lowest BCUT2D eigenvalue weighted by Crippen LogP contribution is -2.33. The van der Waals surface area contributed by atoms with Gasteiger partial charge < -0.3 is 19.5 Å². The van der Waals surface area contributed by atoms with Crippen LogP contribution in [0.15, 0.2) is 0 Å². The third-order valence-electron chi connectivity index (χ3n) is 2.71. The third kappa shape index (κ3) is 7.17. The second-order valence-corrected chi connectivity index (χ2v) is 4.15. The van der Waals surface area contributed by atoms with E-state index >= 15 is 0 Å². The largest absolute Gasteiger partial charge is 0.385 e. The molecular formula is C12H25NO3. The molecule has 1 unspecified atom stereocenters. The van der Waals surface area contributed by atoms with E-state index in [-0.39, 0.29) is 0 Å². The zero-order chi connectivity index (χ0) is 11.5. The Labute approximate surface area is 98.6 Å². The summed E-state index contributed by atoms with van der Waals surface area (Å²) in [4.78, 5) is 0. The molecular weight excluding hydrogens is 206 g/mol.